The summed E-state index contributed by atoms with van der Waals surface area (Å²) in [5, 5.41) is 6.91. The van der Waals surface area contributed by atoms with Crippen LogP contribution in [0.4, 0.5) is 0 Å². The molecular formula is C14H18N6O2. The van der Waals surface area contributed by atoms with E-state index in [4.69, 9.17) is 4.74 Å². The highest BCUT2D eigenvalue weighted by Gasteiger charge is 2.29. The number of amides is 1. The number of H-pyrrole nitrogens is 1. The van der Waals surface area contributed by atoms with Crippen LogP contribution in [0.5, 0.6) is 0 Å². The number of carbonyl (C=O) groups is 1. The lowest BCUT2D eigenvalue weighted by molar-refractivity contribution is -0.0267. The molecule has 0 aliphatic carbocycles. The fraction of sp³-hybridized carbons (Fsp3) is 0.500. The maximum absolute atomic E-state index is 12.7. The first kappa shape index (κ1) is 14.6. The Morgan fingerprint density at radius 1 is 1.55 bits per heavy atom. The van der Waals surface area contributed by atoms with Crippen molar-refractivity contribution in [1.82, 2.24) is 30.0 Å². The van der Waals surface area contributed by atoms with Crippen molar-refractivity contribution in [1.29, 1.82) is 0 Å². The van der Waals surface area contributed by atoms with Crippen molar-refractivity contribution in [3.8, 4) is 0 Å². The van der Waals surface area contributed by atoms with Gasteiger partial charge in [-0.1, -0.05) is 6.92 Å². The third-order valence-corrected chi connectivity index (χ3v) is 3.62. The van der Waals surface area contributed by atoms with Gasteiger partial charge in [0, 0.05) is 12.7 Å². The van der Waals surface area contributed by atoms with Crippen LogP contribution in [0.25, 0.3) is 0 Å². The van der Waals surface area contributed by atoms with E-state index in [1.54, 1.807) is 11.1 Å². The number of carbonyl (C=O) groups excluding carboxylic acids is 1. The van der Waals surface area contributed by atoms with Gasteiger partial charge in [0.05, 0.1) is 24.4 Å². The molecule has 0 spiro atoms. The summed E-state index contributed by atoms with van der Waals surface area (Å²) in [7, 11) is 0. The second-order valence-corrected chi connectivity index (χ2v) is 5.13. The molecule has 1 amide bonds. The lowest BCUT2D eigenvalue weighted by Gasteiger charge is -2.31. The number of morpholine rings is 1. The number of rotatable bonds is 3. The number of aromatic amines is 1. The Kier molecular flexibility index (Phi) is 4.10. The summed E-state index contributed by atoms with van der Waals surface area (Å²) >= 11 is 0. The summed E-state index contributed by atoms with van der Waals surface area (Å²) in [5.74, 6) is 1.24. The van der Waals surface area contributed by atoms with E-state index in [0.29, 0.717) is 37.5 Å². The molecule has 1 saturated heterocycles. The van der Waals surface area contributed by atoms with Crippen molar-refractivity contribution < 1.29 is 9.53 Å². The molecule has 3 heterocycles. The van der Waals surface area contributed by atoms with Gasteiger partial charge < -0.3 is 9.64 Å². The normalized spacial score (nSPS) is 18.5. The van der Waals surface area contributed by atoms with Crippen molar-refractivity contribution in [2.24, 2.45) is 0 Å². The molecule has 0 unspecified atom stereocenters. The molecule has 0 saturated carbocycles. The lowest BCUT2D eigenvalue weighted by atomic mass is 10.1. The molecule has 22 heavy (non-hydrogen) atoms. The molecule has 0 aromatic carbocycles. The summed E-state index contributed by atoms with van der Waals surface area (Å²) in [6.07, 6.45) is 3.43. The largest absolute Gasteiger partial charge is 0.366 e. The standard InChI is InChI=1S/C14H18N6O2/c1-3-11-10(6-15-8-16-11)14(21)20-4-5-22-12(7-20)13-17-9(2)18-19-13/h6,8,12H,3-5,7H2,1-2H3,(H,17,18,19)/t12-/m1/s1. The summed E-state index contributed by atoms with van der Waals surface area (Å²) in [6.45, 7) is 5.22. The molecule has 1 N–H and O–H groups in total. The van der Waals surface area contributed by atoms with Gasteiger partial charge in [0.15, 0.2) is 5.82 Å². The molecule has 2 aromatic heterocycles. The monoisotopic (exact) mass is 302 g/mol. The van der Waals surface area contributed by atoms with Gasteiger partial charge in [-0.05, 0) is 13.3 Å². The Balaban J connectivity index is 1.78. The molecule has 116 valence electrons. The molecule has 1 aliphatic rings. The number of nitrogens with one attached hydrogen (secondary N) is 1. The smallest absolute Gasteiger partial charge is 0.257 e. The number of hydrogen-bond donors (Lipinski definition) is 1. The molecule has 0 bridgehead atoms. The van der Waals surface area contributed by atoms with Crippen LogP contribution in [0.3, 0.4) is 0 Å². The predicted molar refractivity (Wildman–Crippen MR) is 77.1 cm³/mol. The van der Waals surface area contributed by atoms with E-state index in [0.717, 1.165) is 11.5 Å². The van der Waals surface area contributed by atoms with E-state index in [9.17, 15) is 4.79 Å². The average Bonchev–Trinajstić information content (AvgIpc) is 3.01. The highest BCUT2D eigenvalue weighted by molar-refractivity contribution is 5.95. The van der Waals surface area contributed by atoms with Crippen LogP contribution in [-0.4, -0.2) is 55.7 Å². The summed E-state index contributed by atoms with van der Waals surface area (Å²) < 4.78 is 5.68. The zero-order valence-corrected chi connectivity index (χ0v) is 12.6. The second kappa shape index (κ2) is 6.18. The molecular weight excluding hydrogens is 284 g/mol. The number of aryl methyl sites for hydroxylation is 2. The molecule has 3 rings (SSSR count). The quantitative estimate of drug-likeness (QED) is 0.895. The predicted octanol–water partition coefficient (Wildman–Crippen LogP) is 0.679. The molecule has 1 fully saturated rings. The van der Waals surface area contributed by atoms with Gasteiger partial charge in [0.25, 0.3) is 5.91 Å². The van der Waals surface area contributed by atoms with Crippen molar-refractivity contribution >= 4 is 5.91 Å². The van der Waals surface area contributed by atoms with E-state index in [1.807, 2.05) is 13.8 Å². The molecule has 0 radical (unpaired) electrons. The van der Waals surface area contributed by atoms with Crippen molar-refractivity contribution in [3.05, 3.63) is 35.4 Å². The lowest BCUT2D eigenvalue weighted by Crippen LogP contribution is -2.43. The van der Waals surface area contributed by atoms with E-state index >= 15 is 0 Å². The van der Waals surface area contributed by atoms with Crippen LogP contribution in [0.2, 0.25) is 0 Å². The molecule has 1 aliphatic heterocycles. The Labute approximate surface area is 127 Å². The maximum Gasteiger partial charge on any atom is 0.257 e. The van der Waals surface area contributed by atoms with Gasteiger partial charge in [-0.2, -0.15) is 5.10 Å². The van der Waals surface area contributed by atoms with Gasteiger partial charge in [-0.25, -0.2) is 15.0 Å². The van der Waals surface area contributed by atoms with E-state index < -0.39 is 0 Å². The van der Waals surface area contributed by atoms with Gasteiger partial charge in [0.2, 0.25) is 0 Å². The van der Waals surface area contributed by atoms with E-state index in [1.165, 1.54) is 6.33 Å². The van der Waals surface area contributed by atoms with Gasteiger partial charge in [-0.3, -0.25) is 9.89 Å². The molecule has 8 nitrogen and oxygen atoms in total. The SMILES string of the molecule is CCc1ncncc1C(=O)N1CCO[C@@H](c2n[nH]c(C)n2)C1. The maximum atomic E-state index is 12.7. The summed E-state index contributed by atoms with van der Waals surface area (Å²) in [6, 6.07) is 0. The van der Waals surface area contributed by atoms with Crippen LogP contribution in [0.1, 0.15) is 40.7 Å². The third-order valence-electron chi connectivity index (χ3n) is 3.62. The van der Waals surface area contributed by atoms with Gasteiger partial charge >= 0.3 is 0 Å². The molecule has 1 atom stereocenters. The first-order chi connectivity index (χ1) is 10.7. The van der Waals surface area contributed by atoms with Crippen molar-refractivity contribution in [3.63, 3.8) is 0 Å². The van der Waals surface area contributed by atoms with Crippen molar-refractivity contribution in [2.75, 3.05) is 19.7 Å². The van der Waals surface area contributed by atoms with Gasteiger partial charge in [-0.15, -0.1) is 0 Å². The fourth-order valence-corrected chi connectivity index (χ4v) is 2.48. The number of aromatic nitrogens is 5. The van der Waals surface area contributed by atoms with Crippen LogP contribution >= 0.6 is 0 Å². The van der Waals surface area contributed by atoms with Crippen LogP contribution in [0, 0.1) is 6.92 Å². The molecule has 2 aromatic rings. The Hall–Kier alpha value is -2.35. The number of nitrogens with zero attached hydrogens (tertiary/aromatic N) is 5. The third kappa shape index (κ3) is 2.82. The topological polar surface area (TPSA) is 96.9 Å². The summed E-state index contributed by atoms with van der Waals surface area (Å²) in [5.41, 5.74) is 1.31. The number of hydrogen-bond acceptors (Lipinski definition) is 6. The molecule has 8 heteroatoms. The van der Waals surface area contributed by atoms with Gasteiger partial charge in [0.1, 0.15) is 18.3 Å². The first-order valence-corrected chi connectivity index (χ1v) is 7.27. The zero-order chi connectivity index (χ0) is 15.5. The van der Waals surface area contributed by atoms with Crippen LogP contribution < -0.4 is 0 Å². The minimum Gasteiger partial charge on any atom is -0.366 e. The highest BCUT2D eigenvalue weighted by atomic mass is 16.5. The minimum atomic E-state index is -0.308. The average molecular weight is 302 g/mol. The summed E-state index contributed by atoms with van der Waals surface area (Å²) in [4.78, 5) is 26.9. The second-order valence-electron chi connectivity index (χ2n) is 5.13. The van der Waals surface area contributed by atoms with E-state index in [-0.39, 0.29) is 12.0 Å². The highest BCUT2D eigenvalue weighted by Crippen LogP contribution is 2.21. The Morgan fingerprint density at radius 3 is 3.14 bits per heavy atom. The van der Waals surface area contributed by atoms with Crippen LogP contribution in [-0.2, 0) is 11.2 Å². The fourth-order valence-electron chi connectivity index (χ4n) is 2.48. The van der Waals surface area contributed by atoms with Crippen LogP contribution in [0.15, 0.2) is 12.5 Å². The first-order valence-electron chi connectivity index (χ1n) is 7.27. The Bertz CT molecular complexity index is 671. The zero-order valence-electron chi connectivity index (χ0n) is 12.6. The van der Waals surface area contributed by atoms with Crippen molar-refractivity contribution in [2.45, 2.75) is 26.4 Å². The number of ether oxygens (including phenoxy) is 1. The van der Waals surface area contributed by atoms with E-state index in [2.05, 4.69) is 25.1 Å². The minimum absolute atomic E-state index is 0.0713. The Morgan fingerprint density at radius 2 is 2.41 bits per heavy atom.